The first-order chi connectivity index (χ1) is 8.82. The lowest BCUT2D eigenvalue weighted by molar-refractivity contribution is -0.131. The molecule has 0 radical (unpaired) electrons. The average Bonchev–Trinajstić information content (AvgIpc) is 2.18. The lowest BCUT2D eigenvalue weighted by atomic mass is 10.4. The third-order valence-corrected chi connectivity index (χ3v) is 3.44. The maximum atomic E-state index is 11.2. The summed E-state index contributed by atoms with van der Waals surface area (Å²) in [5.41, 5.74) is 0. The van der Waals surface area contributed by atoms with Crippen molar-refractivity contribution in [2.75, 3.05) is 24.8 Å². The molecule has 0 spiro atoms. The average molecular weight is 332 g/mol. The van der Waals surface area contributed by atoms with Crippen LogP contribution < -0.4 is 0 Å². The maximum absolute atomic E-state index is 11.2. The zero-order chi connectivity index (χ0) is 16.1. The summed E-state index contributed by atoms with van der Waals surface area (Å²) in [5.74, 6) is -3.31. The molecule has 2 N–H and O–H groups in total. The normalized spacial score (nSPS) is 12.0. The Morgan fingerprint density at radius 2 is 1.05 bits per heavy atom. The number of carbonyl (C=O) groups is 2. The van der Waals surface area contributed by atoms with Crippen LogP contribution in [0.3, 0.4) is 0 Å². The van der Waals surface area contributed by atoms with Gasteiger partial charge in [-0.1, -0.05) is 0 Å². The van der Waals surface area contributed by atoms with Gasteiger partial charge in [-0.25, -0.2) is 0 Å². The molecule has 0 aliphatic carbocycles. The molecular weight excluding hydrogens is 316 g/mol. The van der Waals surface area contributed by atoms with Crippen LogP contribution in [0.2, 0.25) is 0 Å². The lowest BCUT2D eigenvalue weighted by Crippen LogP contribution is -2.43. The largest absolute Gasteiger partial charge is 0.324 e. The first kappa shape index (κ1) is 18.8. The van der Waals surface area contributed by atoms with Gasteiger partial charge in [0.25, 0.3) is 20.2 Å². The molecule has 0 aromatic heterocycles. The van der Waals surface area contributed by atoms with E-state index in [2.05, 4.69) is 0 Å². The van der Waals surface area contributed by atoms with E-state index in [1.54, 1.807) is 0 Å². The third-order valence-electron chi connectivity index (χ3n) is 2.17. The summed E-state index contributed by atoms with van der Waals surface area (Å²) in [4.78, 5) is 23.8. The van der Waals surface area contributed by atoms with E-state index in [4.69, 9.17) is 9.11 Å². The van der Waals surface area contributed by atoms with Crippen LogP contribution in [-0.4, -0.2) is 72.4 Å². The monoisotopic (exact) mass is 332 g/mol. The van der Waals surface area contributed by atoms with Gasteiger partial charge in [0.2, 0.25) is 11.8 Å². The first-order valence-corrected chi connectivity index (χ1v) is 8.45. The smallest absolute Gasteiger partial charge is 0.283 e. The van der Waals surface area contributed by atoms with E-state index in [1.165, 1.54) is 0 Å². The SMILES string of the molecule is CC(=O)N(CCN(CS(=O)(=O)O)C(C)=O)CS(=O)(=O)O. The molecule has 0 aliphatic heterocycles. The van der Waals surface area contributed by atoms with Crippen molar-refractivity contribution < 1.29 is 35.5 Å². The molecule has 0 bridgehead atoms. The molecule has 10 nitrogen and oxygen atoms in total. The lowest BCUT2D eigenvalue weighted by Gasteiger charge is -2.24. The molecule has 0 aliphatic rings. The molecule has 0 atom stereocenters. The number of carbonyl (C=O) groups excluding carboxylic acids is 2. The van der Waals surface area contributed by atoms with Crippen molar-refractivity contribution in [3.63, 3.8) is 0 Å². The van der Waals surface area contributed by atoms with Gasteiger partial charge in [0.15, 0.2) is 0 Å². The summed E-state index contributed by atoms with van der Waals surface area (Å²) in [6, 6.07) is 0. The fourth-order valence-electron chi connectivity index (χ4n) is 1.26. The highest BCUT2D eigenvalue weighted by Gasteiger charge is 2.21. The van der Waals surface area contributed by atoms with Crippen molar-refractivity contribution in [3.8, 4) is 0 Å². The van der Waals surface area contributed by atoms with Crippen LogP contribution >= 0.6 is 0 Å². The van der Waals surface area contributed by atoms with Crippen LogP contribution in [0.5, 0.6) is 0 Å². The topological polar surface area (TPSA) is 149 Å². The minimum atomic E-state index is -4.44. The summed E-state index contributed by atoms with van der Waals surface area (Å²) in [5, 5.41) is 0. The molecular formula is C8H16N2O8S2. The van der Waals surface area contributed by atoms with Crippen LogP contribution in [0.15, 0.2) is 0 Å². The minimum absolute atomic E-state index is 0.315. The highest BCUT2D eigenvalue weighted by molar-refractivity contribution is 7.85. The molecule has 0 aromatic carbocycles. The summed E-state index contributed by atoms with van der Waals surface area (Å²) in [6.07, 6.45) is 0. The number of amides is 2. The van der Waals surface area contributed by atoms with Gasteiger partial charge in [-0.15, -0.1) is 0 Å². The number of hydrogen-bond acceptors (Lipinski definition) is 6. The number of hydrogen-bond donors (Lipinski definition) is 2. The quantitative estimate of drug-likeness (QED) is 0.528. The van der Waals surface area contributed by atoms with Gasteiger partial charge >= 0.3 is 0 Å². The Bertz CT molecular complexity index is 515. The van der Waals surface area contributed by atoms with Gasteiger partial charge < -0.3 is 9.80 Å². The van der Waals surface area contributed by atoms with E-state index in [1.807, 2.05) is 0 Å². The van der Waals surface area contributed by atoms with Gasteiger partial charge in [-0.05, 0) is 0 Å². The molecule has 0 heterocycles. The Hall–Kier alpha value is -1.24. The van der Waals surface area contributed by atoms with Crippen LogP contribution in [0.25, 0.3) is 0 Å². The fraction of sp³-hybridized carbons (Fsp3) is 0.750. The predicted molar refractivity (Wildman–Crippen MR) is 67.6 cm³/mol. The Morgan fingerprint density at radius 3 is 1.20 bits per heavy atom. The Kier molecular flexibility index (Phi) is 6.53. The molecule has 0 saturated heterocycles. The molecule has 0 unspecified atom stereocenters. The zero-order valence-electron chi connectivity index (χ0n) is 10.9. The van der Waals surface area contributed by atoms with E-state index < -0.39 is 43.8 Å². The van der Waals surface area contributed by atoms with Crippen molar-refractivity contribution in [1.82, 2.24) is 9.80 Å². The van der Waals surface area contributed by atoms with Crippen LogP contribution in [0.1, 0.15) is 13.8 Å². The molecule has 12 heteroatoms. The summed E-state index contributed by atoms with van der Waals surface area (Å²) in [6.45, 7) is 1.46. The van der Waals surface area contributed by atoms with Crippen molar-refractivity contribution in [1.29, 1.82) is 0 Å². The first-order valence-electron chi connectivity index (χ1n) is 5.23. The Balaban J connectivity index is 4.81. The summed E-state index contributed by atoms with van der Waals surface area (Å²) < 4.78 is 60.1. The minimum Gasteiger partial charge on any atom is -0.324 e. The molecule has 0 aromatic rings. The van der Waals surface area contributed by atoms with Crippen LogP contribution in [-0.2, 0) is 29.8 Å². The van der Waals surface area contributed by atoms with Crippen molar-refractivity contribution >= 4 is 32.1 Å². The maximum Gasteiger partial charge on any atom is 0.283 e. The van der Waals surface area contributed by atoms with E-state index in [9.17, 15) is 26.4 Å². The second-order valence-corrected chi connectivity index (χ2v) is 6.83. The Labute approximate surface area is 116 Å². The highest BCUT2D eigenvalue weighted by atomic mass is 32.2. The third kappa shape index (κ3) is 8.79. The van der Waals surface area contributed by atoms with E-state index >= 15 is 0 Å². The van der Waals surface area contributed by atoms with E-state index in [0.717, 1.165) is 23.6 Å². The van der Waals surface area contributed by atoms with Gasteiger partial charge in [-0.2, -0.15) is 16.8 Å². The molecule has 0 rings (SSSR count). The highest BCUT2D eigenvalue weighted by Crippen LogP contribution is 1.99. The van der Waals surface area contributed by atoms with Crippen LogP contribution in [0, 0.1) is 0 Å². The van der Waals surface area contributed by atoms with Crippen molar-refractivity contribution in [3.05, 3.63) is 0 Å². The van der Waals surface area contributed by atoms with Gasteiger partial charge in [0.05, 0.1) is 0 Å². The molecule has 118 valence electrons. The summed E-state index contributed by atoms with van der Waals surface area (Å²) in [7, 11) is -8.88. The molecule has 0 fully saturated rings. The van der Waals surface area contributed by atoms with Crippen molar-refractivity contribution in [2.24, 2.45) is 0 Å². The van der Waals surface area contributed by atoms with Crippen molar-refractivity contribution in [2.45, 2.75) is 13.8 Å². The summed E-state index contributed by atoms with van der Waals surface area (Å²) >= 11 is 0. The molecule has 20 heavy (non-hydrogen) atoms. The molecule has 0 saturated carbocycles. The standard InChI is InChI=1S/C8H16N2O8S2/c1-7(11)9(5-19(13,14)15)3-4-10(8(2)12)6-20(16,17)18/h3-6H2,1-2H3,(H,13,14,15)(H,16,17,18). The number of rotatable bonds is 7. The van der Waals surface area contributed by atoms with Gasteiger partial charge in [0, 0.05) is 26.9 Å². The fourth-order valence-corrected chi connectivity index (χ4v) is 2.67. The molecule has 2 amide bonds. The van der Waals surface area contributed by atoms with E-state index in [-0.39, 0.29) is 13.1 Å². The van der Waals surface area contributed by atoms with Crippen LogP contribution in [0.4, 0.5) is 0 Å². The zero-order valence-corrected chi connectivity index (χ0v) is 12.5. The van der Waals surface area contributed by atoms with Gasteiger partial charge in [-0.3, -0.25) is 18.7 Å². The second kappa shape index (κ2) is 6.97. The Morgan fingerprint density at radius 1 is 0.800 bits per heavy atom. The van der Waals surface area contributed by atoms with Gasteiger partial charge in [0.1, 0.15) is 11.8 Å². The number of nitrogens with zero attached hydrogens (tertiary/aromatic N) is 2. The second-order valence-electron chi connectivity index (χ2n) is 3.99. The van der Waals surface area contributed by atoms with E-state index in [0.29, 0.717) is 0 Å². The predicted octanol–water partition coefficient (Wildman–Crippen LogP) is -1.63.